The molecule has 34 heavy (non-hydrogen) atoms. The maximum atomic E-state index is 13.0. The smallest absolute Gasteiger partial charge is 0.265 e. The number of anilines is 1. The summed E-state index contributed by atoms with van der Waals surface area (Å²) in [5, 5.41) is 5.91. The van der Waals surface area contributed by atoms with Crippen molar-refractivity contribution in [3.05, 3.63) is 105 Å². The number of thiazole rings is 1. The van der Waals surface area contributed by atoms with Crippen molar-refractivity contribution >= 4 is 33.3 Å². The van der Waals surface area contributed by atoms with Gasteiger partial charge in [-0.25, -0.2) is 9.97 Å². The topological polar surface area (TPSA) is 76.9 Å². The summed E-state index contributed by atoms with van der Waals surface area (Å²) in [5.74, 6) is 0.330. The van der Waals surface area contributed by atoms with E-state index in [1.807, 2.05) is 23.6 Å². The van der Waals surface area contributed by atoms with E-state index in [4.69, 9.17) is 0 Å². The Hall–Kier alpha value is -4.10. The fourth-order valence-corrected chi connectivity index (χ4v) is 4.74. The first-order valence-corrected chi connectivity index (χ1v) is 11.7. The summed E-state index contributed by atoms with van der Waals surface area (Å²) in [5.41, 5.74) is 5.90. The van der Waals surface area contributed by atoms with Gasteiger partial charge in [-0.15, -0.1) is 11.3 Å². The van der Waals surface area contributed by atoms with E-state index in [0.717, 1.165) is 16.8 Å². The number of nitrogens with zero attached hydrogens (tertiary/aromatic N) is 3. The maximum Gasteiger partial charge on any atom is 0.265 e. The third-order valence-electron chi connectivity index (χ3n) is 5.71. The average Bonchev–Trinajstić information content (AvgIpc) is 3.27. The van der Waals surface area contributed by atoms with Crippen LogP contribution in [0.25, 0.3) is 27.8 Å². The first-order valence-electron chi connectivity index (χ1n) is 10.8. The van der Waals surface area contributed by atoms with Crippen LogP contribution in [0.4, 0.5) is 5.13 Å². The zero-order chi connectivity index (χ0) is 23.8. The molecule has 168 valence electrons. The monoisotopic (exact) mass is 466 g/mol. The van der Waals surface area contributed by atoms with E-state index >= 15 is 0 Å². The third-order valence-corrected chi connectivity index (χ3v) is 6.47. The number of benzene rings is 3. The van der Waals surface area contributed by atoms with Crippen molar-refractivity contribution in [1.29, 1.82) is 0 Å². The van der Waals surface area contributed by atoms with E-state index in [1.165, 1.54) is 16.9 Å². The van der Waals surface area contributed by atoms with Crippen LogP contribution in [-0.2, 0) is 0 Å². The molecule has 0 unspecified atom stereocenters. The molecule has 0 aliphatic rings. The van der Waals surface area contributed by atoms with Crippen LogP contribution < -0.4 is 10.9 Å². The van der Waals surface area contributed by atoms with Crippen LogP contribution >= 0.6 is 11.3 Å². The standard InChI is InChI=1S/C27H22N4O2S/c1-16-8-13-21(17(2)14-16)24-15-34-27(29-24)30-25(32)19-9-11-20(12-10-19)31-18(3)28-23-7-5-4-6-22(23)26(31)33/h4-15H,1-3H3,(H,29,30,32). The van der Waals surface area contributed by atoms with Gasteiger partial charge in [0.05, 0.1) is 22.3 Å². The molecule has 0 spiro atoms. The number of fused-ring (bicyclic) bond motifs is 1. The summed E-state index contributed by atoms with van der Waals surface area (Å²) >= 11 is 1.39. The minimum absolute atomic E-state index is 0.137. The summed E-state index contributed by atoms with van der Waals surface area (Å²) in [4.78, 5) is 34.9. The minimum Gasteiger partial charge on any atom is -0.298 e. The van der Waals surface area contributed by atoms with Gasteiger partial charge in [0.1, 0.15) is 5.82 Å². The normalized spacial score (nSPS) is 11.0. The fourth-order valence-electron chi connectivity index (χ4n) is 4.03. The first kappa shape index (κ1) is 21.7. The van der Waals surface area contributed by atoms with Crippen molar-refractivity contribution in [2.45, 2.75) is 20.8 Å². The van der Waals surface area contributed by atoms with Crippen molar-refractivity contribution in [3.8, 4) is 16.9 Å². The number of hydrogen-bond donors (Lipinski definition) is 1. The average molecular weight is 467 g/mol. The quantitative estimate of drug-likeness (QED) is 0.369. The van der Waals surface area contributed by atoms with E-state index < -0.39 is 0 Å². The van der Waals surface area contributed by atoms with Crippen LogP contribution in [-0.4, -0.2) is 20.4 Å². The van der Waals surface area contributed by atoms with E-state index in [0.29, 0.717) is 33.1 Å². The Morgan fingerprint density at radius 1 is 0.941 bits per heavy atom. The number of nitrogens with one attached hydrogen (secondary N) is 1. The molecule has 2 heterocycles. The molecule has 0 aliphatic carbocycles. The Labute approximate surface area is 200 Å². The van der Waals surface area contributed by atoms with Crippen molar-refractivity contribution < 1.29 is 4.79 Å². The highest BCUT2D eigenvalue weighted by molar-refractivity contribution is 7.14. The highest BCUT2D eigenvalue weighted by Gasteiger charge is 2.13. The fraction of sp³-hybridized carbons (Fsp3) is 0.111. The van der Waals surface area contributed by atoms with Gasteiger partial charge in [0.15, 0.2) is 5.13 Å². The zero-order valence-corrected chi connectivity index (χ0v) is 19.8. The third kappa shape index (κ3) is 4.02. The van der Waals surface area contributed by atoms with Gasteiger partial charge in [-0.2, -0.15) is 0 Å². The van der Waals surface area contributed by atoms with E-state index in [9.17, 15) is 9.59 Å². The second-order valence-electron chi connectivity index (χ2n) is 8.17. The predicted octanol–water partition coefficient (Wildman–Crippen LogP) is 5.69. The molecule has 0 saturated heterocycles. The minimum atomic E-state index is -0.256. The number of para-hydroxylation sites is 1. The number of carbonyl (C=O) groups excluding carboxylic acids is 1. The van der Waals surface area contributed by atoms with Crippen LogP contribution in [0.1, 0.15) is 27.3 Å². The molecule has 0 aliphatic heterocycles. The number of amides is 1. The Bertz CT molecular complexity index is 1600. The highest BCUT2D eigenvalue weighted by Crippen LogP contribution is 2.28. The molecule has 5 aromatic rings. The molecule has 0 atom stereocenters. The van der Waals surface area contributed by atoms with Gasteiger partial charge in [-0.1, -0.05) is 35.9 Å². The molecule has 0 bridgehead atoms. The molecule has 1 N–H and O–H groups in total. The predicted molar refractivity (Wildman–Crippen MR) is 137 cm³/mol. The lowest BCUT2D eigenvalue weighted by Crippen LogP contribution is -2.22. The molecular weight excluding hydrogens is 444 g/mol. The molecule has 6 nitrogen and oxygen atoms in total. The number of rotatable bonds is 4. The van der Waals surface area contributed by atoms with E-state index in [-0.39, 0.29) is 11.5 Å². The number of aryl methyl sites for hydroxylation is 3. The van der Waals surface area contributed by atoms with Crippen LogP contribution in [0.15, 0.2) is 76.9 Å². The molecule has 7 heteroatoms. The molecule has 3 aromatic carbocycles. The zero-order valence-electron chi connectivity index (χ0n) is 19.0. The van der Waals surface area contributed by atoms with Crippen molar-refractivity contribution in [1.82, 2.24) is 14.5 Å². The Kier molecular flexibility index (Phi) is 5.55. The van der Waals surface area contributed by atoms with E-state index in [1.54, 1.807) is 41.8 Å². The second-order valence-corrected chi connectivity index (χ2v) is 9.03. The summed E-state index contributed by atoms with van der Waals surface area (Å²) in [6, 6.07) is 20.4. The molecule has 0 fully saturated rings. The Balaban J connectivity index is 1.38. The highest BCUT2D eigenvalue weighted by atomic mass is 32.1. The largest absolute Gasteiger partial charge is 0.298 e. The van der Waals surface area contributed by atoms with Gasteiger partial charge in [-0.05, 0) is 62.7 Å². The van der Waals surface area contributed by atoms with Gasteiger partial charge in [0, 0.05) is 16.5 Å². The van der Waals surface area contributed by atoms with Crippen molar-refractivity contribution in [3.63, 3.8) is 0 Å². The SMILES string of the molecule is Cc1ccc(-c2csc(NC(=O)c3ccc(-n4c(C)nc5ccccc5c4=O)cc3)n2)c(C)c1. The Morgan fingerprint density at radius 3 is 2.47 bits per heavy atom. The summed E-state index contributed by atoms with van der Waals surface area (Å²) in [6.45, 7) is 5.91. The number of carbonyl (C=O) groups is 1. The summed E-state index contributed by atoms with van der Waals surface area (Å²) in [7, 11) is 0. The lowest BCUT2D eigenvalue weighted by molar-refractivity contribution is 0.102. The van der Waals surface area contributed by atoms with Crippen LogP contribution in [0.3, 0.4) is 0 Å². The Morgan fingerprint density at radius 2 is 1.71 bits per heavy atom. The van der Waals surface area contributed by atoms with Crippen LogP contribution in [0, 0.1) is 20.8 Å². The molecule has 1 amide bonds. The van der Waals surface area contributed by atoms with Crippen molar-refractivity contribution in [2.75, 3.05) is 5.32 Å². The van der Waals surface area contributed by atoms with Gasteiger partial charge < -0.3 is 0 Å². The molecule has 0 saturated carbocycles. The van der Waals surface area contributed by atoms with E-state index in [2.05, 4.69) is 47.3 Å². The van der Waals surface area contributed by atoms with Gasteiger partial charge in [-0.3, -0.25) is 19.5 Å². The van der Waals surface area contributed by atoms with Gasteiger partial charge in [0.25, 0.3) is 11.5 Å². The van der Waals surface area contributed by atoms with Crippen LogP contribution in [0.2, 0.25) is 0 Å². The van der Waals surface area contributed by atoms with Gasteiger partial charge in [0.2, 0.25) is 0 Å². The summed E-state index contributed by atoms with van der Waals surface area (Å²) in [6.07, 6.45) is 0. The second kappa shape index (κ2) is 8.68. The molecule has 5 rings (SSSR count). The van der Waals surface area contributed by atoms with Gasteiger partial charge >= 0.3 is 0 Å². The number of hydrogen-bond acceptors (Lipinski definition) is 5. The van der Waals surface area contributed by atoms with Crippen LogP contribution in [0.5, 0.6) is 0 Å². The molecule has 0 radical (unpaired) electrons. The molecular formula is C27H22N4O2S. The summed E-state index contributed by atoms with van der Waals surface area (Å²) < 4.78 is 1.56. The first-order chi connectivity index (χ1) is 16.4. The lowest BCUT2D eigenvalue weighted by atomic mass is 10.0. The maximum absolute atomic E-state index is 13.0. The lowest BCUT2D eigenvalue weighted by Gasteiger charge is -2.11. The molecule has 2 aromatic heterocycles. The van der Waals surface area contributed by atoms with Crippen molar-refractivity contribution in [2.24, 2.45) is 0 Å². The number of aromatic nitrogens is 3.